The number of nitrogens with two attached hydrogens (primary N) is 1. The summed E-state index contributed by atoms with van der Waals surface area (Å²) < 4.78 is 5.17. The Labute approximate surface area is 101 Å². The van der Waals surface area contributed by atoms with Crippen LogP contribution in [0.25, 0.3) is 0 Å². The number of carbonyl (C=O) groups excluding carboxylic acids is 1. The molecule has 2 N–H and O–H groups in total. The Morgan fingerprint density at radius 1 is 1.47 bits per heavy atom. The van der Waals surface area contributed by atoms with Crippen LogP contribution in [0.4, 0.5) is 0 Å². The predicted octanol–water partition coefficient (Wildman–Crippen LogP) is 0.707. The number of hydrogen-bond acceptors (Lipinski definition) is 3. The van der Waals surface area contributed by atoms with Crippen molar-refractivity contribution in [1.82, 2.24) is 4.90 Å². The van der Waals surface area contributed by atoms with Crippen LogP contribution in [-0.4, -0.2) is 38.6 Å². The molecule has 1 amide bonds. The molecule has 0 aliphatic rings. The van der Waals surface area contributed by atoms with Gasteiger partial charge in [0.2, 0.25) is 0 Å². The highest BCUT2D eigenvalue weighted by Crippen LogP contribution is 2.19. The van der Waals surface area contributed by atoms with E-state index in [-0.39, 0.29) is 12.5 Å². The third kappa shape index (κ3) is 3.23. The maximum Gasteiger partial charge on any atom is 0.253 e. The molecule has 0 fully saturated rings. The number of amides is 1. The van der Waals surface area contributed by atoms with Crippen LogP contribution in [0.3, 0.4) is 0 Å². The molecule has 0 atom stereocenters. The molecule has 0 saturated heterocycles. The summed E-state index contributed by atoms with van der Waals surface area (Å²) in [5.74, 6) is 6.21. The molecule has 0 aliphatic carbocycles. The Bertz CT molecular complexity index is 470. The lowest BCUT2D eigenvalue weighted by molar-refractivity contribution is 0.0827. The van der Waals surface area contributed by atoms with E-state index in [1.165, 1.54) is 4.90 Å². The molecule has 90 valence electrons. The van der Waals surface area contributed by atoms with Crippen LogP contribution < -0.4 is 10.5 Å². The third-order valence-electron chi connectivity index (χ3n) is 2.18. The van der Waals surface area contributed by atoms with Crippen LogP contribution in [-0.2, 0) is 0 Å². The molecule has 0 unspecified atom stereocenters. The van der Waals surface area contributed by atoms with Crippen molar-refractivity contribution in [3.63, 3.8) is 0 Å². The molecule has 0 aromatic heterocycles. The van der Waals surface area contributed by atoms with E-state index in [0.717, 1.165) is 0 Å². The summed E-state index contributed by atoms with van der Waals surface area (Å²) in [6.07, 6.45) is 0. The SMILES string of the molecule is COc1ccc(C(=O)N(C)C)cc1C#CCN. The van der Waals surface area contributed by atoms with Crippen molar-refractivity contribution >= 4 is 5.91 Å². The van der Waals surface area contributed by atoms with Crippen molar-refractivity contribution in [3.8, 4) is 17.6 Å². The summed E-state index contributed by atoms with van der Waals surface area (Å²) in [6, 6.07) is 5.16. The summed E-state index contributed by atoms with van der Waals surface area (Å²) in [7, 11) is 4.98. The first-order valence-electron chi connectivity index (χ1n) is 5.18. The van der Waals surface area contributed by atoms with Gasteiger partial charge >= 0.3 is 0 Å². The van der Waals surface area contributed by atoms with Crippen LogP contribution >= 0.6 is 0 Å². The van der Waals surface area contributed by atoms with E-state index >= 15 is 0 Å². The normalized spacial score (nSPS) is 9.18. The average Bonchev–Trinajstić information content (AvgIpc) is 2.34. The monoisotopic (exact) mass is 232 g/mol. The van der Waals surface area contributed by atoms with Crippen LogP contribution in [0.1, 0.15) is 15.9 Å². The van der Waals surface area contributed by atoms with E-state index < -0.39 is 0 Å². The Balaban J connectivity index is 3.17. The average molecular weight is 232 g/mol. The Kier molecular flexibility index (Phi) is 4.56. The second-order valence-corrected chi connectivity index (χ2v) is 3.62. The molecular formula is C13H16N2O2. The summed E-state index contributed by atoms with van der Waals surface area (Å²) in [4.78, 5) is 13.3. The molecule has 0 heterocycles. The van der Waals surface area contributed by atoms with Gasteiger partial charge in [-0.2, -0.15) is 0 Å². The zero-order chi connectivity index (χ0) is 12.8. The van der Waals surface area contributed by atoms with Crippen molar-refractivity contribution < 1.29 is 9.53 Å². The summed E-state index contributed by atoms with van der Waals surface area (Å²) in [5, 5.41) is 0. The van der Waals surface area contributed by atoms with E-state index in [9.17, 15) is 4.79 Å². The number of rotatable bonds is 2. The van der Waals surface area contributed by atoms with Gasteiger partial charge in [0.15, 0.2) is 0 Å². The van der Waals surface area contributed by atoms with Crippen molar-refractivity contribution in [2.24, 2.45) is 5.73 Å². The quantitative estimate of drug-likeness (QED) is 0.764. The highest BCUT2D eigenvalue weighted by atomic mass is 16.5. The number of nitrogens with zero attached hydrogens (tertiary/aromatic N) is 1. The number of hydrogen-bond donors (Lipinski definition) is 1. The van der Waals surface area contributed by atoms with E-state index in [0.29, 0.717) is 16.9 Å². The van der Waals surface area contributed by atoms with E-state index in [4.69, 9.17) is 10.5 Å². The van der Waals surface area contributed by atoms with Gasteiger partial charge in [-0.1, -0.05) is 11.8 Å². The fourth-order valence-electron chi connectivity index (χ4n) is 1.34. The number of ether oxygens (including phenoxy) is 1. The Morgan fingerprint density at radius 2 is 2.18 bits per heavy atom. The second-order valence-electron chi connectivity index (χ2n) is 3.62. The van der Waals surface area contributed by atoms with Crippen LogP contribution in [0.15, 0.2) is 18.2 Å². The fourth-order valence-corrected chi connectivity index (χ4v) is 1.34. The highest BCUT2D eigenvalue weighted by molar-refractivity contribution is 5.94. The first-order valence-corrected chi connectivity index (χ1v) is 5.18. The van der Waals surface area contributed by atoms with E-state index in [2.05, 4.69) is 11.8 Å². The van der Waals surface area contributed by atoms with Crippen molar-refractivity contribution in [2.75, 3.05) is 27.7 Å². The van der Waals surface area contributed by atoms with Gasteiger partial charge in [0, 0.05) is 19.7 Å². The molecule has 0 aliphatic heterocycles. The lowest BCUT2D eigenvalue weighted by atomic mass is 10.1. The van der Waals surface area contributed by atoms with Crippen LogP contribution in [0.5, 0.6) is 5.75 Å². The first-order chi connectivity index (χ1) is 8.10. The smallest absolute Gasteiger partial charge is 0.253 e. The zero-order valence-electron chi connectivity index (χ0n) is 10.3. The molecule has 1 rings (SSSR count). The Hall–Kier alpha value is -1.99. The van der Waals surface area contributed by atoms with Gasteiger partial charge in [-0.25, -0.2) is 0 Å². The van der Waals surface area contributed by atoms with Gasteiger partial charge in [0.05, 0.1) is 19.2 Å². The molecular weight excluding hydrogens is 216 g/mol. The van der Waals surface area contributed by atoms with E-state index in [1.54, 1.807) is 39.4 Å². The molecule has 0 radical (unpaired) electrons. The number of methoxy groups -OCH3 is 1. The highest BCUT2D eigenvalue weighted by Gasteiger charge is 2.10. The summed E-state index contributed by atoms with van der Waals surface area (Å²) in [6.45, 7) is 0.273. The first kappa shape index (κ1) is 13.1. The number of carbonyl (C=O) groups is 1. The predicted molar refractivity (Wildman–Crippen MR) is 66.9 cm³/mol. The minimum atomic E-state index is -0.0662. The lowest BCUT2D eigenvalue weighted by Crippen LogP contribution is -2.21. The minimum Gasteiger partial charge on any atom is -0.495 e. The van der Waals surface area contributed by atoms with Gasteiger partial charge in [-0.05, 0) is 18.2 Å². The molecule has 17 heavy (non-hydrogen) atoms. The van der Waals surface area contributed by atoms with Gasteiger partial charge in [0.25, 0.3) is 5.91 Å². The second kappa shape index (κ2) is 5.92. The fraction of sp³-hybridized carbons (Fsp3) is 0.308. The Morgan fingerprint density at radius 3 is 2.71 bits per heavy atom. The number of benzene rings is 1. The van der Waals surface area contributed by atoms with Crippen LogP contribution in [0, 0.1) is 11.8 Å². The van der Waals surface area contributed by atoms with Crippen molar-refractivity contribution in [3.05, 3.63) is 29.3 Å². The maximum absolute atomic E-state index is 11.8. The molecule has 0 spiro atoms. The van der Waals surface area contributed by atoms with Gasteiger partial charge < -0.3 is 15.4 Å². The lowest BCUT2D eigenvalue weighted by Gasteiger charge is -2.11. The van der Waals surface area contributed by atoms with Gasteiger partial charge in [0.1, 0.15) is 5.75 Å². The minimum absolute atomic E-state index is 0.0662. The van der Waals surface area contributed by atoms with Gasteiger partial charge in [-0.15, -0.1) is 0 Å². The van der Waals surface area contributed by atoms with Crippen LogP contribution in [0.2, 0.25) is 0 Å². The largest absolute Gasteiger partial charge is 0.495 e. The topological polar surface area (TPSA) is 55.6 Å². The molecule has 0 bridgehead atoms. The van der Waals surface area contributed by atoms with Crippen molar-refractivity contribution in [2.45, 2.75) is 0 Å². The maximum atomic E-state index is 11.8. The zero-order valence-corrected chi connectivity index (χ0v) is 10.3. The molecule has 1 aromatic carbocycles. The summed E-state index contributed by atoms with van der Waals surface area (Å²) in [5.41, 5.74) is 6.58. The molecule has 0 saturated carbocycles. The molecule has 4 nitrogen and oxygen atoms in total. The standard InChI is InChI=1S/C13H16N2O2/c1-15(2)13(16)11-6-7-12(17-3)10(9-11)5-4-8-14/h6-7,9H,8,14H2,1-3H3. The van der Waals surface area contributed by atoms with Gasteiger partial charge in [-0.3, -0.25) is 4.79 Å². The third-order valence-corrected chi connectivity index (χ3v) is 2.18. The van der Waals surface area contributed by atoms with Crippen molar-refractivity contribution in [1.29, 1.82) is 0 Å². The summed E-state index contributed by atoms with van der Waals surface area (Å²) >= 11 is 0. The molecule has 4 heteroatoms. The molecule has 1 aromatic rings. The van der Waals surface area contributed by atoms with E-state index in [1.807, 2.05) is 0 Å².